The zero-order chi connectivity index (χ0) is 23.8. The van der Waals surface area contributed by atoms with Crippen molar-refractivity contribution in [2.75, 3.05) is 13.1 Å². The molecule has 1 atom stereocenters. The van der Waals surface area contributed by atoms with Crippen LogP contribution in [-0.4, -0.2) is 41.6 Å². The predicted octanol–water partition coefficient (Wildman–Crippen LogP) is 6.66. The highest BCUT2D eigenvalue weighted by Gasteiger charge is 2.28. The highest BCUT2D eigenvalue weighted by atomic mass is 35.5. The summed E-state index contributed by atoms with van der Waals surface area (Å²) in [6.45, 7) is 8.71. The topological polar surface area (TPSA) is 58.6 Å². The highest BCUT2D eigenvalue weighted by Crippen LogP contribution is 2.36. The first kappa shape index (κ1) is 23.6. The van der Waals surface area contributed by atoms with E-state index < -0.39 is 11.7 Å². The van der Waals surface area contributed by atoms with Crippen molar-refractivity contribution >= 4 is 45.0 Å². The van der Waals surface area contributed by atoms with Crippen molar-refractivity contribution in [3.8, 4) is 11.1 Å². The SMILES string of the molecule is Cc1ccc(-c2cc3sc(C(=O)N4CCC[C@@H](NC(=O)OC(C)(C)C)C4)cc3cc2Cl)cc1. The molecule has 33 heavy (non-hydrogen) atoms. The molecule has 2 aromatic carbocycles. The lowest BCUT2D eigenvalue weighted by atomic mass is 10.0. The third-order valence-electron chi connectivity index (χ3n) is 5.61. The fourth-order valence-electron chi connectivity index (χ4n) is 4.03. The van der Waals surface area contributed by atoms with E-state index in [0.717, 1.165) is 34.1 Å². The number of carbonyl (C=O) groups is 2. The summed E-state index contributed by atoms with van der Waals surface area (Å²) >= 11 is 8.07. The minimum atomic E-state index is -0.552. The molecule has 1 N–H and O–H groups in total. The van der Waals surface area contributed by atoms with Crippen LogP contribution in [0.25, 0.3) is 21.2 Å². The molecular formula is C26H29ClN2O3S. The van der Waals surface area contributed by atoms with Gasteiger partial charge in [-0.3, -0.25) is 4.79 Å². The number of likely N-dealkylation sites (tertiary alicyclic amines) is 1. The van der Waals surface area contributed by atoms with Crippen LogP contribution in [0.5, 0.6) is 0 Å². The van der Waals surface area contributed by atoms with Gasteiger partial charge in [-0.05, 0) is 69.7 Å². The van der Waals surface area contributed by atoms with Crippen LogP contribution in [0.15, 0.2) is 42.5 Å². The molecule has 1 aromatic heterocycles. The Labute approximate surface area is 203 Å². The number of nitrogens with zero attached hydrogens (tertiary/aromatic N) is 1. The van der Waals surface area contributed by atoms with Gasteiger partial charge in [0, 0.05) is 34.4 Å². The van der Waals surface area contributed by atoms with Crippen molar-refractivity contribution in [3.05, 3.63) is 57.9 Å². The number of piperidine rings is 1. The number of ether oxygens (including phenoxy) is 1. The second kappa shape index (κ2) is 9.35. The molecule has 4 rings (SSSR count). The number of nitrogens with one attached hydrogen (secondary N) is 1. The molecule has 0 radical (unpaired) electrons. The van der Waals surface area contributed by atoms with Gasteiger partial charge < -0.3 is 15.0 Å². The molecule has 174 valence electrons. The lowest BCUT2D eigenvalue weighted by Gasteiger charge is -2.33. The average Bonchev–Trinajstić information content (AvgIpc) is 3.15. The van der Waals surface area contributed by atoms with Gasteiger partial charge in [-0.1, -0.05) is 41.4 Å². The molecule has 2 heterocycles. The van der Waals surface area contributed by atoms with E-state index in [0.29, 0.717) is 23.0 Å². The molecule has 2 amide bonds. The van der Waals surface area contributed by atoms with Gasteiger partial charge in [-0.25, -0.2) is 4.79 Å². The smallest absolute Gasteiger partial charge is 0.407 e. The van der Waals surface area contributed by atoms with E-state index in [1.165, 1.54) is 16.9 Å². The Morgan fingerprint density at radius 3 is 2.58 bits per heavy atom. The van der Waals surface area contributed by atoms with Crippen LogP contribution in [0.2, 0.25) is 5.02 Å². The van der Waals surface area contributed by atoms with Crippen molar-refractivity contribution in [1.82, 2.24) is 10.2 Å². The maximum Gasteiger partial charge on any atom is 0.407 e. The molecule has 0 aliphatic carbocycles. The maximum absolute atomic E-state index is 13.3. The summed E-state index contributed by atoms with van der Waals surface area (Å²) in [7, 11) is 0. The first-order valence-corrected chi connectivity index (χ1v) is 12.4. The molecule has 1 saturated heterocycles. The molecule has 7 heteroatoms. The fraction of sp³-hybridized carbons (Fsp3) is 0.385. The van der Waals surface area contributed by atoms with E-state index >= 15 is 0 Å². The molecule has 0 saturated carbocycles. The van der Waals surface area contributed by atoms with Gasteiger partial charge in [-0.15, -0.1) is 11.3 Å². The average molecular weight is 485 g/mol. The molecular weight excluding hydrogens is 456 g/mol. The minimum absolute atomic E-state index is 0.0140. The van der Waals surface area contributed by atoms with E-state index in [2.05, 4.69) is 42.6 Å². The summed E-state index contributed by atoms with van der Waals surface area (Å²) < 4.78 is 6.39. The van der Waals surface area contributed by atoms with Gasteiger partial charge in [0.1, 0.15) is 5.60 Å². The summed E-state index contributed by atoms with van der Waals surface area (Å²) in [5.41, 5.74) is 2.66. The Morgan fingerprint density at radius 1 is 1.15 bits per heavy atom. The van der Waals surface area contributed by atoms with Crippen LogP contribution in [0.3, 0.4) is 0 Å². The van der Waals surface area contributed by atoms with Crippen molar-refractivity contribution in [2.45, 2.75) is 52.2 Å². The van der Waals surface area contributed by atoms with Gasteiger partial charge in [0.15, 0.2) is 0 Å². The number of hydrogen-bond acceptors (Lipinski definition) is 4. The minimum Gasteiger partial charge on any atom is -0.444 e. The van der Waals surface area contributed by atoms with Crippen molar-refractivity contribution in [1.29, 1.82) is 0 Å². The van der Waals surface area contributed by atoms with Gasteiger partial charge >= 0.3 is 6.09 Å². The molecule has 0 unspecified atom stereocenters. The number of benzene rings is 2. The number of thiophene rings is 1. The van der Waals surface area contributed by atoms with Gasteiger partial charge in [0.05, 0.1) is 4.88 Å². The second-order valence-electron chi connectivity index (χ2n) is 9.58. The molecule has 0 spiro atoms. The Bertz CT molecular complexity index is 1180. The number of fused-ring (bicyclic) bond motifs is 1. The van der Waals surface area contributed by atoms with Gasteiger partial charge in [0.25, 0.3) is 5.91 Å². The Kier molecular flexibility index (Phi) is 6.68. The summed E-state index contributed by atoms with van der Waals surface area (Å²) in [6, 6.07) is 14.1. The fourth-order valence-corrected chi connectivity index (χ4v) is 5.36. The van der Waals surface area contributed by atoms with Crippen molar-refractivity contribution < 1.29 is 14.3 Å². The Hall–Kier alpha value is -2.57. The van der Waals surface area contributed by atoms with E-state index in [1.54, 1.807) is 0 Å². The molecule has 3 aromatic rings. The predicted molar refractivity (Wildman–Crippen MR) is 135 cm³/mol. The quantitative estimate of drug-likeness (QED) is 0.452. The molecule has 1 aliphatic rings. The number of carbonyl (C=O) groups excluding carboxylic acids is 2. The van der Waals surface area contributed by atoms with Crippen LogP contribution >= 0.6 is 22.9 Å². The van der Waals surface area contributed by atoms with Gasteiger partial charge in [-0.2, -0.15) is 0 Å². The van der Waals surface area contributed by atoms with Gasteiger partial charge in [0.2, 0.25) is 0 Å². The number of amides is 2. The molecule has 5 nitrogen and oxygen atoms in total. The number of aryl methyl sites for hydroxylation is 1. The van der Waals surface area contributed by atoms with E-state index in [9.17, 15) is 9.59 Å². The maximum atomic E-state index is 13.3. The summed E-state index contributed by atoms with van der Waals surface area (Å²) in [4.78, 5) is 27.9. The number of halogens is 1. The molecule has 1 fully saturated rings. The lowest BCUT2D eigenvalue weighted by Crippen LogP contribution is -2.50. The van der Waals surface area contributed by atoms with Crippen LogP contribution in [-0.2, 0) is 4.74 Å². The lowest BCUT2D eigenvalue weighted by molar-refractivity contribution is 0.0453. The molecule has 1 aliphatic heterocycles. The monoisotopic (exact) mass is 484 g/mol. The third kappa shape index (κ3) is 5.68. The first-order chi connectivity index (χ1) is 15.6. The van der Waals surface area contributed by atoms with Crippen LogP contribution in [0.4, 0.5) is 4.79 Å². The zero-order valence-electron chi connectivity index (χ0n) is 19.4. The van der Waals surface area contributed by atoms with Crippen LogP contribution in [0.1, 0.15) is 48.8 Å². The van der Waals surface area contributed by atoms with E-state index in [-0.39, 0.29) is 11.9 Å². The Morgan fingerprint density at radius 2 is 1.88 bits per heavy atom. The number of rotatable bonds is 3. The standard InChI is InChI=1S/C26H29ClN2O3S/c1-16-7-9-17(10-8-16)20-14-22-18(12-21(20)27)13-23(33-22)24(30)29-11-5-6-19(15-29)28-25(31)32-26(2,3)4/h7-10,12-14,19H,5-6,11,15H2,1-4H3,(H,28,31)/t19-/m1/s1. The first-order valence-electron chi connectivity index (χ1n) is 11.2. The summed E-state index contributed by atoms with van der Waals surface area (Å²) in [6.07, 6.45) is 1.22. The van der Waals surface area contributed by atoms with Crippen molar-refractivity contribution in [2.24, 2.45) is 0 Å². The molecule has 0 bridgehead atoms. The highest BCUT2D eigenvalue weighted by molar-refractivity contribution is 7.20. The second-order valence-corrected chi connectivity index (χ2v) is 11.1. The summed E-state index contributed by atoms with van der Waals surface area (Å²) in [5.74, 6) is -0.0140. The van der Waals surface area contributed by atoms with E-state index in [4.69, 9.17) is 16.3 Å². The van der Waals surface area contributed by atoms with Crippen LogP contribution in [0, 0.1) is 6.92 Å². The third-order valence-corrected chi connectivity index (χ3v) is 7.01. The zero-order valence-corrected chi connectivity index (χ0v) is 21.0. The van der Waals surface area contributed by atoms with Crippen molar-refractivity contribution in [3.63, 3.8) is 0 Å². The van der Waals surface area contributed by atoms with Crippen LogP contribution < -0.4 is 5.32 Å². The largest absolute Gasteiger partial charge is 0.444 e. The number of hydrogen-bond donors (Lipinski definition) is 1. The Balaban J connectivity index is 1.50. The normalized spacial score (nSPS) is 16.6. The van der Waals surface area contributed by atoms with E-state index in [1.807, 2.05) is 37.8 Å². The number of alkyl carbamates (subject to hydrolysis) is 1. The summed E-state index contributed by atoms with van der Waals surface area (Å²) in [5, 5.41) is 4.54.